The van der Waals surface area contributed by atoms with Crippen molar-refractivity contribution in [2.45, 2.75) is 13.3 Å². The second-order valence-corrected chi connectivity index (χ2v) is 3.97. The quantitative estimate of drug-likeness (QED) is 0.705. The van der Waals surface area contributed by atoms with Crippen LogP contribution in [-0.2, 0) is 11.2 Å². The Labute approximate surface area is 106 Å². The van der Waals surface area contributed by atoms with Crippen molar-refractivity contribution in [3.05, 3.63) is 23.7 Å². The van der Waals surface area contributed by atoms with Crippen molar-refractivity contribution in [3.8, 4) is 0 Å². The molecule has 0 saturated carbocycles. The van der Waals surface area contributed by atoms with Gasteiger partial charge in [0.2, 0.25) is 0 Å². The van der Waals surface area contributed by atoms with E-state index in [1.807, 2.05) is 13.0 Å². The predicted molar refractivity (Wildman–Crippen MR) is 66.6 cm³/mol. The Kier molecular flexibility index (Phi) is 6.08. The number of halogens is 1. The fourth-order valence-electron chi connectivity index (χ4n) is 1.46. The van der Waals surface area contributed by atoms with E-state index in [2.05, 4.69) is 0 Å². The van der Waals surface area contributed by atoms with E-state index in [0.29, 0.717) is 31.3 Å². The van der Waals surface area contributed by atoms with Gasteiger partial charge in [0.05, 0.1) is 6.61 Å². The molecule has 1 aromatic rings. The monoisotopic (exact) mass is 259 g/mol. The third-order valence-corrected chi connectivity index (χ3v) is 2.60. The van der Waals surface area contributed by atoms with Crippen LogP contribution in [0, 0.1) is 0 Å². The zero-order valence-corrected chi connectivity index (χ0v) is 11.0. The second-order valence-electron chi connectivity index (χ2n) is 3.59. The van der Waals surface area contributed by atoms with Crippen LogP contribution in [0.5, 0.6) is 0 Å². The topological polar surface area (TPSA) is 42.7 Å². The van der Waals surface area contributed by atoms with Crippen molar-refractivity contribution >= 4 is 17.5 Å². The Balaban J connectivity index is 2.68. The van der Waals surface area contributed by atoms with Gasteiger partial charge in [0.25, 0.3) is 5.91 Å². The summed E-state index contributed by atoms with van der Waals surface area (Å²) in [6.45, 7) is 3.48. The minimum atomic E-state index is -0.137. The van der Waals surface area contributed by atoms with Crippen molar-refractivity contribution < 1.29 is 13.9 Å². The molecule has 1 amide bonds. The summed E-state index contributed by atoms with van der Waals surface area (Å²) in [6.07, 6.45) is 0.779. The van der Waals surface area contributed by atoms with Crippen LogP contribution in [0.3, 0.4) is 0 Å². The van der Waals surface area contributed by atoms with Gasteiger partial charge in [-0.15, -0.1) is 11.6 Å². The summed E-state index contributed by atoms with van der Waals surface area (Å²) < 4.78 is 10.4. The van der Waals surface area contributed by atoms with Crippen LogP contribution in [0.1, 0.15) is 23.2 Å². The van der Waals surface area contributed by atoms with Gasteiger partial charge in [-0.1, -0.05) is 6.92 Å². The van der Waals surface area contributed by atoms with Gasteiger partial charge < -0.3 is 14.1 Å². The lowest BCUT2D eigenvalue weighted by atomic mass is 10.3. The van der Waals surface area contributed by atoms with Crippen molar-refractivity contribution in [3.63, 3.8) is 0 Å². The molecule has 4 nitrogen and oxygen atoms in total. The first-order valence-corrected chi connectivity index (χ1v) is 6.19. The first-order chi connectivity index (χ1) is 8.22. The van der Waals surface area contributed by atoms with E-state index < -0.39 is 0 Å². The van der Waals surface area contributed by atoms with Gasteiger partial charge in [-0.05, 0) is 12.1 Å². The third kappa shape index (κ3) is 4.06. The molecule has 1 rings (SSSR count). The van der Waals surface area contributed by atoms with E-state index in [1.165, 1.54) is 0 Å². The van der Waals surface area contributed by atoms with E-state index in [9.17, 15) is 4.79 Å². The Bertz CT molecular complexity index is 351. The number of hydrogen-bond donors (Lipinski definition) is 0. The smallest absolute Gasteiger partial charge is 0.289 e. The highest BCUT2D eigenvalue weighted by Crippen LogP contribution is 2.11. The van der Waals surface area contributed by atoms with Crippen LogP contribution >= 0.6 is 11.6 Å². The largest absolute Gasteiger partial charge is 0.456 e. The molecule has 0 bridgehead atoms. The maximum absolute atomic E-state index is 12.1. The van der Waals surface area contributed by atoms with Crippen molar-refractivity contribution in [1.29, 1.82) is 0 Å². The van der Waals surface area contributed by atoms with Crippen molar-refractivity contribution in [2.75, 3.05) is 32.7 Å². The third-order valence-electron chi connectivity index (χ3n) is 2.43. The molecule has 0 fully saturated rings. The zero-order chi connectivity index (χ0) is 12.7. The molecule has 1 heterocycles. The van der Waals surface area contributed by atoms with Gasteiger partial charge in [-0.3, -0.25) is 4.79 Å². The number of furan rings is 1. The minimum absolute atomic E-state index is 0.137. The number of ether oxygens (including phenoxy) is 1. The number of aryl methyl sites for hydroxylation is 1. The van der Waals surface area contributed by atoms with E-state index in [4.69, 9.17) is 20.8 Å². The number of alkyl halides is 1. The molecule has 0 aromatic carbocycles. The van der Waals surface area contributed by atoms with Gasteiger partial charge in [0, 0.05) is 32.5 Å². The highest BCUT2D eigenvalue weighted by molar-refractivity contribution is 6.18. The summed E-state index contributed by atoms with van der Waals surface area (Å²) in [5.41, 5.74) is 0. The number of rotatable bonds is 7. The molecule has 96 valence electrons. The Morgan fingerprint density at radius 1 is 1.47 bits per heavy atom. The highest BCUT2D eigenvalue weighted by Gasteiger charge is 2.18. The number of methoxy groups -OCH3 is 1. The van der Waals surface area contributed by atoms with Crippen LogP contribution in [0.4, 0.5) is 0 Å². The average Bonchev–Trinajstić information content (AvgIpc) is 2.82. The van der Waals surface area contributed by atoms with Crippen LogP contribution in [0.25, 0.3) is 0 Å². The van der Waals surface area contributed by atoms with Crippen LogP contribution < -0.4 is 0 Å². The minimum Gasteiger partial charge on any atom is -0.456 e. The van der Waals surface area contributed by atoms with E-state index in [-0.39, 0.29) is 5.91 Å². The molecular formula is C12H18ClNO3. The molecule has 17 heavy (non-hydrogen) atoms. The van der Waals surface area contributed by atoms with Gasteiger partial charge in [0.15, 0.2) is 5.76 Å². The van der Waals surface area contributed by atoms with Crippen LogP contribution in [0.2, 0.25) is 0 Å². The highest BCUT2D eigenvalue weighted by atomic mass is 35.5. The molecule has 0 aliphatic rings. The van der Waals surface area contributed by atoms with E-state index in [1.54, 1.807) is 18.1 Å². The SMILES string of the molecule is CCc1ccc(C(=O)N(CCCl)CCOC)o1. The van der Waals surface area contributed by atoms with E-state index >= 15 is 0 Å². The normalized spacial score (nSPS) is 10.5. The van der Waals surface area contributed by atoms with Crippen molar-refractivity contribution in [2.24, 2.45) is 0 Å². The first kappa shape index (κ1) is 14.1. The molecule has 0 aliphatic heterocycles. The molecule has 0 unspecified atom stereocenters. The van der Waals surface area contributed by atoms with Crippen molar-refractivity contribution in [1.82, 2.24) is 4.90 Å². The molecule has 1 aromatic heterocycles. The summed E-state index contributed by atoms with van der Waals surface area (Å²) in [5.74, 6) is 1.44. The second kappa shape index (κ2) is 7.35. The first-order valence-electron chi connectivity index (χ1n) is 5.65. The average molecular weight is 260 g/mol. The molecule has 0 aliphatic carbocycles. The van der Waals surface area contributed by atoms with Gasteiger partial charge in [-0.25, -0.2) is 0 Å². The van der Waals surface area contributed by atoms with Crippen LogP contribution in [-0.4, -0.2) is 43.5 Å². The number of nitrogens with zero attached hydrogens (tertiary/aromatic N) is 1. The van der Waals surface area contributed by atoms with E-state index in [0.717, 1.165) is 12.2 Å². The zero-order valence-electron chi connectivity index (χ0n) is 10.2. The summed E-state index contributed by atoms with van der Waals surface area (Å²) in [4.78, 5) is 13.7. The van der Waals surface area contributed by atoms with Crippen LogP contribution in [0.15, 0.2) is 16.5 Å². The van der Waals surface area contributed by atoms with Gasteiger partial charge in [-0.2, -0.15) is 0 Å². The molecule has 5 heteroatoms. The molecule has 0 atom stereocenters. The number of carbonyl (C=O) groups is 1. The standard InChI is InChI=1S/C12H18ClNO3/c1-3-10-4-5-11(17-10)12(15)14(7-6-13)8-9-16-2/h4-5H,3,6-9H2,1-2H3. The fraction of sp³-hybridized carbons (Fsp3) is 0.583. The lowest BCUT2D eigenvalue weighted by molar-refractivity contribution is 0.0675. The molecule has 0 spiro atoms. The summed E-state index contributed by atoms with van der Waals surface area (Å²) >= 11 is 5.67. The maximum Gasteiger partial charge on any atom is 0.289 e. The Hall–Kier alpha value is -1.00. The van der Waals surface area contributed by atoms with Gasteiger partial charge in [0.1, 0.15) is 5.76 Å². The lowest BCUT2D eigenvalue weighted by Gasteiger charge is -2.19. The Morgan fingerprint density at radius 3 is 2.76 bits per heavy atom. The summed E-state index contributed by atoms with van der Waals surface area (Å²) in [6, 6.07) is 3.53. The summed E-state index contributed by atoms with van der Waals surface area (Å²) in [5, 5.41) is 0. The molecular weight excluding hydrogens is 242 g/mol. The maximum atomic E-state index is 12.1. The number of hydrogen-bond acceptors (Lipinski definition) is 3. The number of carbonyl (C=O) groups excluding carboxylic acids is 1. The fourth-order valence-corrected chi connectivity index (χ4v) is 1.66. The van der Waals surface area contributed by atoms with Gasteiger partial charge >= 0.3 is 0 Å². The molecule has 0 saturated heterocycles. The Morgan fingerprint density at radius 2 is 2.24 bits per heavy atom. The summed E-state index contributed by atoms with van der Waals surface area (Å²) in [7, 11) is 1.60. The molecule has 0 N–H and O–H groups in total. The lowest BCUT2D eigenvalue weighted by Crippen LogP contribution is -2.35. The predicted octanol–water partition coefficient (Wildman–Crippen LogP) is 2.17. The number of amides is 1. The molecule has 0 radical (unpaired) electrons.